The van der Waals surface area contributed by atoms with Gasteiger partial charge in [0.2, 0.25) is 5.91 Å². The van der Waals surface area contributed by atoms with Crippen molar-refractivity contribution in [2.75, 3.05) is 4.90 Å². The number of carbonyl (C=O) groups is 1. The average molecular weight is 293 g/mol. The van der Waals surface area contributed by atoms with Crippen molar-refractivity contribution in [3.63, 3.8) is 0 Å². The lowest BCUT2D eigenvalue weighted by Gasteiger charge is -2.20. The molecule has 2 rings (SSSR count). The Hall–Kier alpha value is -2.90. The molecule has 0 radical (unpaired) electrons. The van der Waals surface area contributed by atoms with Gasteiger partial charge in [-0.05, 0) is 12.1 Å². The maximum atomic E-state index is 13.8. The van der Waals surface area contributed by atoms with Crippen LogP contribution in [0.4, 0.5) is 26.0 Å². The summed E-state index contributed by atoms with van der Waals surface area (Å²) in [7, 11) is 0. The van der Waals surface area contributed by atoms with E-state index in [1.54, 1.807) is 0 Å². The van der Waals surface area contributed by atoms with Crippen molar-refractivity contribution in [1.82, 2.24) is 4.98 Å². The zero-order valence-electron chi connectivity index (χ0n) is 10.8. The van der Waals surface area contributed by atoms with E-state index in [-0.39, 0.29) is 17.2 Å². The lowest BCUT2D eigenvalue weighted by molar-refractivity contribution is -0.384. The summed E-state index contributed by atoms with van der Waals surface area (Å²) in [5.41, 5.74) is -0.536. The third-order valence-corrected chi connectivity index (χ3v) is 2.63. The van der Waals surface area contributed by atoms with Crippen LogP contribution in [0.15, 0.2) is 36.5 Å². The molecule has 0 saturated carbocycles. The highest BCUT2D eigenvalue weighted by molar-refractivity contribution is 5.98. The van der Waals surface area contributed by atoms with Gasteiger partial charge in [-0.2, -0.15) is 0 Å². The largest absolute Gasteiger partial charge is 0.274 e. The topological polar surface area (TPSA) is 76.3 Å². The first-order chi connectivity index (χ1) is 9.90. The van der Waals surface area contributed by atoms with Crippen LogP contribution in [-0.4, -0.2) is 15.8 Å². The van der Waals surface area contributed by atoms with Crippen molar-refractivity contribution >= 4 is 23.1 Å². The first-order valence-corrected chi connectivity index (χ1v) is 5.76. The van der Waals surface area contributed by atoms with Gasteiger partial charge < -0.3 is 0 Å². The number of nitrogens with zero attached hydrogens (tertiary/aromatic N) is 3. The maximum absolute atomic E-state index is 13.8. The quantitative estimate of drug-likeness (QED) is 0.644. The van der Waals surface area contributed by atoms with Crippen LogP contribution in [0.3, 0.4) is 0 Å². The summed E-state index contributed by atoms with van der Waals surface area (Å²) in [5.74, 6) is -2.51. The van der Waals surface area contributed by atoms with Crippen LogP contribution in [0.1, 0.15) is 6.92 Å². The molecule has 0 atom stereocenters. The van der Waals surface area contributed by atoms with E-state index in [9.17, 15) is 23.7 Å². The van der Waals surface area contributed by atoms with Gasteiger partial charge in [0.15, 0.2) is 0 Å². The molecule has 0 saturated heterocycles. The number of carbonyl (C=O) groups excluding carboxylic acids is 1. The number of aromatic nitrogens is 1. The Morgan fingerprint density at radius 3 is 2.57 bits per heavy atom. The molecule has 0 aliphatic rings. The fraction of sp³-hybridized carbons (Fsp3) is 0.0769. The third kappa shape index (κ3) is 2.99. The Morgan fingerprint density at radius 1 is 1.29 bits per heavy atom. The van der Waals surface area contributed by atoms with E-state index in [1.165, 1.54) is 0 Å². The number of amides is 1. The lowest BCUT2D eigenvalue weighted by atomic mass is 10.2. The Bertz CT molecular complexity index is 722. The number of pyridine rings is 1. The molecule has 2 aromatic rings. The molecule has 21 heavy (non-hydrogen) atoms. The number of hydrogen-bond acceptors (Lipinski definition) is 4. The Morgan fingerprint density at radius 2 is 2.00 bits per heavy atom. The summed E-state index contributed by atoms with van der Waals surface area (Å²) in [4.78, 5) is 26.5. The van der Waals surface area contributed by atoms with Crippen LogP contribution >= 0.6 is 0 Å². The molecule has 1 heterocycles. The van der Waals surface area contributed by atoms with E-state index in [4.69, 9.17) is 0 Å². The second kappa shape index (κ2) is 5.61. The van der Waals surface area contributed by atoms with Crippen molar-refractivity contribution in [2.45, 2.75) is 6.92 Å². The van der Waals surface area contributed by atoms with Crippen molar-refractivity contribution in [3.05, 3.63) is 58.3 Å². The minimum Gasteiger partial charge on any atom is -0.274 e. The SMILES string of the molecule is CC(=O)N(c1cc([N+](=O)[O-])ccn1)c1ccc(F)cc1F. The van der Waals surface area contributed by atoms with Crippen LogP contribution in [-0.2, 0) is 4.79 Å². The molecule has 0 aliphatic heterocycles. The first-order valence-electron chi connectivity index (χ1n) is 5.76. The fourth-order valence-corrected chi connectivity index (χ4v) is 1.76. The minimum absolute atomic E-state index is 0.123. The maximum Gasteiger partial charge on any atom is 0.274 e. The molecule has 0 spiro atoms. The van der Waals surface area contributed by atoms with Crippen LogP contribution in [0.25, 0.3) is 0 Å². The lowest BCUT2D eigenvalue weighted by Crippen LogP contribution is -2.24. The Kier molecular flexibility index (Phi) is 3.88. The number of rotatable bonds is 3. The highest BCUT2D eigenvalue weighted by Gasteiger charge is 2.21. The molecule has 1 aromatic carbocycles. The monoisotopic (exact) mass is 293 g/mol. The highest BCUT2D eigenvalue weighted by atomic mass is 19.1. The van der Waals surface area contributed by atoms with Gasteiger partial charge in [-0.25, -0.2) is 13.8 Å². The third-order valence-electron chi connectivity index (χ3n) is 2.63. The van der Waals surface area contributed by atoms with Gasteiger partial charge >= 0.3 is 0 Å². The van der Waals surface area contributed by atoms with E-state index in [1.807, 2.05) is 0 Å². The van der Waals surface area contributed by atoms with E-state index in [2.05, 4.69) is 4.98 Å². The normalized spacial score (nSPS) is 10.2. The highest BCUT2D eigenvalue weighted by Crippen LogP contribution is 2.29. The van der Waals surface area contributed by atoms with E-state index in [0.717, 1.165) is 42.3 Å². The van der Waals surface area contributed by atoms with Crippen LogP contribution in [0.5, 0.6) is 0 Å². The number of hydrogen-bond donors (Lipinski definition) is 0. The predicted molar refractivity (Wildman–Crippen MR) is 70.1 cm³/mol. The Balaban J connectivity index is 2.56. The minimum atomic E-state index is -0.974. The summed E-state index contributed by atoms with van der Waals surface area (Å²) in [6.45, 7) is 1.14. The molecule has 0 N–H and O–H groups in total. The van der Waals surface area contributed by atoms with Gasteiger partial charge in [-0.3, -0.25) is 19.8 Å². The molecule has 1 amide bonds. The van der Waals surface area contributed by atoms with E-state index >= 15 is 0 Å². The standard InChI is InChI=1S/C13H9F2N3O3/c1-8(19)17(12-3-2-9(14)6-11(12)15)13-7-10(18(20)21)4-5-16-13/h2-7H,1H3. The zero-order valence-corrected chi connectivity index (χ0v) is 10.8. The summed E-state index contributed by atoms with van der Waals surface area (Å²) in [5, 5.41) is 10.7. The van der Waals surface area contributed by atoms with Gasteiger partial charge in [0.1, 0.15) is 17.5 Å². The van der Waals surface area contributed by atoms with Gasteiger partial charge in [0.25, 0.3) is 5.69 Å². The summed E-state index contributed by atoms with van der Waals surface area (Å²) >= 11 is 0. The number of benzene rings is 1. The molecule has 0 fully saturated rings. The van der Waals surface area contributed by atoms with Gasteiger partial charge in [-0.1, -0.05) is 0 Å². The van der Waals surface area contributed by atoms with Gasteiger partial charge in [0, 0.05) is 25.3 Å². The average Bonchev–Trinajstić information content (AvgIpc) is 2.41. The number of halogens is 2. The van der Waals surface area contributed by atoms with Crippen molar-refractivity contribution in [2.24, 2.45) is 0 Å². The van der Waals surface area contributed by atoms with E-state index < -0.39 is 22.5 Å². The molecule has 8 heteroatoms. The second-order valence-corrected chi connectivity index (χ2v) is 4.08. The summed E-state index contributed by atoms with van der Waals surface area (Å²) < 4.78 is 26.7. The van der Waals surface area contributed by atoms with Crippen molar-refractivity contribution in [3.8, 4) is 0 Å². The zero-order chi connectivity index (χ0) is 15.6. The van der Waals surface area contributed by atoms with Gasteiger partial charge in [-0.15, -0.1) is 0 Å². The molecular formula is C13H9F2N3O3. The number of anilines is 2. The van der Waals surface area contributed by atoms with Gasteiger partial charge in [0.05, 0.1) is 16.7 Å². The second-order valence-electron chi connectivity index (χ2n) is 4.08. The molecule has 0 bridgehead atoms. The summed E-state index contributed by atoms with van der Waals surface area (Å²) in [6.07, 6.45) is 1.13. The number of nitro groups is 1. The fourth-order valence-electron chi connectivity index (χ4n) is 1.76. The van der Waals surface area contributed by atoms with Crippen molar-refractivity contribution in [1.29, 1.82) is 0 Å². The smallest absolute Gasteiger partial charge is 0.274 e. The summed E-state index contributed by atoms with van der Waals surface area (Å²) in [6, 6.07) is 4.83. The van der Waals surface area contributed by atoms with E-state index in [0.29, 0.717) is 6.07 Å². The predicted octanol–water partition coefficient (Wildman–Crippen LogP) is 2.95. The van der Waals surface area contributed by atoms with Crippen molar-refractivity contribution < 1.29 is 18.5 Å². The van der Waals surface area contributed by atoms with Crippen LogP contribution in [0, 0.1) is 21.7 Å². The van der Waals surface area contributed by atoms with Crippen LogP contribution in [0.2, 0.25) is 0 Å². The molecule has 0 aliphatic carbocycles. The first kappa shape index (κ1) is 14.5. The Labute approximate surface area is 117 Å². The molecule has 6 nitrogen and oxygen atoms in total. The molecule has 1 aromatic heterocycles. The van der Waals surface area contributed by atoms with Crippen LogP contribution < -0.4 is 4.90 Å². The molecule has 0 unspecified atom stereocenters. The molecule has 108 valence electrons. The molecular weight excluding hydrogens is 284 g/mol.